The minimum atomic E-state index is 0.172. The number of nitrogens with one attached hydrogen (secondary N) is 1. The first kappa shape index (κ1) is 14.3. The molecule has 0 atom stereocenters. The molecule has 110 valence electrons. The van der Waals surface area contributed by atoms with Gasteiger partial charge in [-0.25, -0.2) is 4.98 Å². The Morgan fingerprint density at radius 3 is 2.74 bits per heavy atom. The van der Waals surface area contributed by atoms with Crippen LogP contribution in [-0.2, 0) is 7.05 Å². The minimum Gasteiger partial charge on any atom is -0.325 e. The molecule has 6 nitrogen and oxygen atoms in total. The molecule has 0 aliphatic carbocycles. The van der Waals surface area contributed by atoms with Crippen molar-refractivity contribution in [2.75, 3.05) is 5.43 Å². The molecule has 0 unspecified atom stereocenters. The Morgan fingerprint density at radius 2 is 2.00 bits per heavy atom. The summed E-state index contributed by atoms with van der Waals surface area (Å²) in [4.78, 5) is 4.45. The van der Waals surface area contributed by atoms with Gasteiger partial charge < -0.3 is 4.57 Å². The summed E-state index contributed by atoms with van der Waals surface area (Å²) in [7, 11) is 1.84. The topological polar surface area (TPSA) is 89.8 Å². The number of fused-ring (bicyclic) bond motifs is 1. The number of para-hydroxylation sites is 2. The third-order valence-electron chi connectivity index (χ3n) is 3.39. The van der Waals surface area contributed by atoms with Crippen molar-refractivity contribution in [1.82, 2.24) is 9.55 Å². The highest BCUT2D eigenvalue weighted by molar-refractivity contribution is 6.11. The van der Waals surface area contributed by atoms with Crippen LogP contribution in [0.25, 0.3) is 11.0 Å². The van der Waals surface area contributed by atoms with E-state index in [1.807, 2.05) is 35.9 Å². The van der Waals surface area contributed by atoms with E-state index in [9.17, 15) is 5.26 Å². The van der Waals surface area contributed by atoms with Crippen molar-refractivity contribution >= 4 is 22.4 Å². The van der Waals surface area contributed by atoms with E-state index in [2.05, 4.69) is 27.6 Å². The number of hydrazone groups is 1. The molecule has 0 saturated heterocycles. The number of aromatic nitrogens is 2. The number of hydrogen-bond acceptors (Lipinski definition) is 5. The number of imidazole rings is 1. The predicted octanol–water partition coefficient (Wildman–Crippen LogP) is 2.78. The summed E-state index contributed by atoms with van der Waals surface area (Å²) >= 11 is 0. The van der Waals surface area contributed by atoms with Crippen molar-refractivity contribution < 1.29 is 0 Å². The molecule has 1 N–H and O–H groups in total. The van der Waals surface area contributed by atoms with Gasteiger partial charge in [-0.3, -0.25) is 5.43 Å². The highest BCUT2D eigenvalue weighted by Gasteiger charge is 2.13. The largest absolute Gasteiger partial charge is 0.325 e. The number of nitrogens with zero attached hydrogens (tertiary/aromatic N) is 5. The number of anilines is 1. The lowest BCUT2D eigenvalue weighted by atomic mass is 10.2. The Bertz CT molecular complexity index is 984. The zero-order chi connectivity index (χ0) is 16.2. The molecule has 1 aromatic heterocycles. The van der Waals surface area contributed by atoms with Crippen LogP contribution in [-0.4, -0.2) is 15.3 Å². The summed E-state index contributed by atoms with van der Waals surface area (Å²) in [6.07, 6.45) is 0. The van der Waals surface area contributed by atoms with Crippen molar-refractivity contribution in [1.29, 1.82) is 10.5 Å². The maximum absolute atomic E-state index is 9.38. The fourth-order valence-corrected chi connectivity index (χ4v) is 2.26. The summed E-state index contributed by atoms with van der Waals surface area (Å²) in [5.74, 6) is 0.484. The zero-order valence-corrected chi connectivity index (χ0v) is 12.4. The molecule has 3 aromatic rings. The number of hydrogen-bond donors (Lipinski definition) is 1. The van der Waals surface area contributed by atoms with Crippen molar-refractivity contribution in [3.05, 3.63) is 59.9 Å². The standard InChI is InChI=1S/C17H12N6/c1-23-16-8-3-2-7-14(16)20-17(23)15(11-19)22-21-13-6-4-5-12(9-13)10-18/h2-9,21H,1H3/b22-15-. The molecule has 6 heteroatoms. The van der Waals surface area contributed by atoms with E-state index in [0.717, 1.165) is 11.0 Å². The van der Waals surface area contributed by atoms with Crippen LogP contribution < -0.4 is 5.43 Å². The Morgan fingerprint density at radius 1 is 1.17 bits per heavy atom. The summed E-state index contributed by atoms with van der Waals surface area (Å²) in [6, 6.07) is 18.6. The molecule has 0 aliphatic heterocycles. The Balaban J connectivity index is 1.97. The van der Waals surface area contributed by atoms with E-state index in [0.29, 0.717) is 17.1 Å². The van der Waals surface area contributed by atoms with Gasteiger partial charge in [0.05, 0.1) is 28.4 Å². The van der Waals surface area contributed by atoms with E-state index in [4.69, 9.17) is 5.26 Å². The number of rotatable bonds is 3. The van der Waals surface area contributed by atoms with Crippen LogP contribution in [0.2, 0.25) is 0 Å². The van der Waals surface area contributed by atoms with Crippen molar-refractivity contribution in [2.45, 2.75) is 0 Å². The first-order valence-corrected chi connectivity index (χ1v) is 6.88. The van der Waals surface area contributed by atoms with Crippen molar-refractivity contribution in [2.24, 2.45) is 12.1 Å². The van der Waals surface area contributed by atoms with Crippen LogP contribution in [0.1, 0.15) is 11.4 Å². The number of benzene rings is 2. The molecule has 0 amide bonds. The van der Waals surface area contributed by atoms with Gasteiger partial charge in [-0.1, -0.05) is 18.2 Å². The average molecular weight is 300 g/mol. The van der Waals surface area contributed by atoms with Crippen LogP contribution >= 0.6 is 0 Å². The molecule has 3 rings (SSSR count). The number of nitriles is 2. The number of aryl methyl sites for hydroxylation is 1. The Kier molecular flexibility index (Phi) is 3.73. The van der Waals surface area contributed by atoms with Crippen molar-refractivity contribution in [3.8, 4) is 12.1 Å². The van der Waals surface area contributed by atoms with Gasteiger partial charge in [0.15, 0.2) is 5.82 Å². The van der Waals surface area contributed by atoms with Gasteiger partial charge in [0.2, 0.25) is 5.71 Å². The third-order valence-corrected chi connectivity index (χ3v) is 3.39. The van der Waals surface area contributed by atoms with Gasteiger partial charge in [0.25, 0.3) is 0 Å². The zero-order valence-electron chi connectivity index (χ0n) is 12.4. The quantitative estimate of drug-likeness (QED) is 0.595. The molecule has 0 saturated carbocycles. The Labute approximate surface area is 132 Å². The van der Waals surface area contributed by atoms with Crippen LogP contribution in [0.4, 0.5) is 5.69 Å². The van der Waals surface area contributed by atoms with E-state index < -0.39 is 0 Å². The molecule has 2 aromatic carbocycles. The molecule has 0 spiro atoms. The van der Waals surface area contributed by atoms with Gasteiger partial charge in [-0.15, -0.1) is 0 Å². The molecule has 0 radical (unpaired) electrons. The first-order chi connectivity index (χ1) is 11.2. The Hall–Kier alpha value is -3.64. The SMILES string of the molecule is Cn1c(/C(C#N)=N\Nc2cccc(C#N)c2)nc2ccccc21. The van der Waals surface area contributed by atoms with Crippen molar-refractivity contribution in [3.63, 3.8) is 0 Å². The normalized spacial score (nSPS) is 11.0. The highest BCUT2D eigenvalue weighted by Crippen LogP contribution is 2.15. The second-order valence-corrected chi connectivity index (χ2v) is 4.86. The van der Waals surface area contributed by atoms with Crippen LogP contribution in [0.15, 0.2) is 53.6 Å². The highest BCUT2D eigenvalue weighted by atomic mass is 15.3. The fourth-order valence-electron chi connectivity index (χ4n) is 2.26. The van der Waals surface area contributed by atoms with E-state index in [1.165, 1.54) is 0 Å². The van der Waals surface area contributed by atoms with Gasteiger partial charge in [-0.2, -0.15) is 15.6 Å². The lowest BCUT2D eigenvalue weighted by Gasteiger charge is -2.03. The van der Waals surface area contributed by atoms with E-state index in [1.54, 1.807) is 24.3 Å². The molecular weight excluding hydrogens is 288 g/mol. The van der Waals surface area contributed by atoms with E-state index in [-0.39, 0.29) is 5.71 Å². The van der Waals surface area contributed by atoms with Crippen LogP contribution in [0.3, 0.4) is 0 Å². The second kappa shape index (κ2) is 6.00. The summed E-state index contributed by atoms with van der Waals surface area (Å²) in [6.45, 7) is 0. The molecule has 0 aliphatic rings. The summed E-state index contributed by atoms with van der Waals surface area (Å²) < 4.78 is 1.82. The molecule has 0 fully saturated rings. The van der Waals surface area contributed by atoms with Crippen LogP contribution in [0, 0.1) is 22.7 Å². The minimum absolute atomic E-state index is 0.172. The maximum atomic E-state index is 9.38. The van der Waals surface area contributed by atoms with Gasteiger partial charge in [0, 0.05) is 7.05 Å². The monoisotopic (exact) mass is 300 g/mol. The lowest BCUT2D eigenvalue weighted by Crippen LogP contribution is -2.09. The summed E-state index contributed by atoms with van der Waals surface area (Å²) in [5.41, 5.74) is 5.86. The summed E-state index contributed by atoms with van der Waals surface area (Å²) in [5, 5.41) is 22.4. The first-order valence-electron chi connectivity index (χ1n) is 6.88. The predicted molar refractivity (Wildman–Crippen MR) is 87.6 cm³/mol. The third kappa shape index (κ3) is 2.74. The lowest BCUT2D eigenvalue weighted by molar-refractivity contribution is 0.929. The maximum Gasteiger partial charge on any atom is 0.203 e. The molecule has 23 heavy (non-hydrogen) atoms. The molecular formula is C17H12N6. The smallest absolute Gasteiger partial charge is 0.203 e. The van der Waals surface area contributed by atoms with Gasteiger partial charge in [0.1, 0.15) is 6.07 Å². The van der Waals surface area contributed by atoms with Crippen LogP contribution in [0.5, 0.6) is 0 Å². The second-order valence-electron chi connectivity index (χ2n) is 4.86. The van der Waals surface area contributed by atoms with Gasteiger partial charge in [-0.05, 0) is 30.3 Å². The fraction of sp³-hybridized carbons (Fsp3) is 0.0588. The average Bonchev–Trinajstić information content (AvgIpc) is 2.93. The molecule has 0 bridgehead atoms. The van der Waals surface area contributed by atoms with E-state index >= 15 is 0 Å². The van der Waals surface area contributed by atoms with Gasteiger partial charge >= 0.3 is 0 Å². The molecule has 1 heterocycles.